The van der Waals surface area contributed by atoms with Gasteiger partial charge >= 0.3 is 12.1 Å². The number of rotatable bonds is 32. The molecule has 14 atom stereocenters. The molecule has 1 aliphatic carbocycles. The van der Waals surface area contributed by atoms with Crippen LogP contribution in [0.3, 0.4) is 0 Å². The Balaban J connectivity index is 1.32. The largest absolute Gasteiger partial charge is 0.460 e. The van der Waals surface area contributed by atoms with E-state index in [1.54, 1.807) is 40.0 Å². The van der Waals surface area contributed by atoms with Crippen molar-refractivity contribution in [2.45, 2.75) is 213 Å². The number of ketones is 3. The number of carbonyl (C=O) groups is 6. The van der Waals surface area contributed by atoms with Crippen LogP contribution in [-0.2, 0) is 58.8 Å². The van der Waals surface area contributed by atoms with E-state index in [1.165, 1.54) is 18.4 Å². The zero-order valence-electron chi connectivity index (χ0n) is 52.3. The van der Waals surface area contributed by atoms with Crippen LogP contribution in [0.5, 0.6) is 0 Å². The number of hydrogen-bond acceptors (Lipinski definition) is 15. The molecule has 0 spiro atoms. The van der Waals surface area contributed by atoms with E-state index in [9.17, 15) is 39.0 Å². The number of carbonyl (C=O) groups excluding carboxylic acids is 6. The van der Waals surface area contributed by atoms with Crippen LogP contribution in [0, 0.1) is 35.5 Å². The fourth-order valence-corrected chi connectivity index (χ4v) is 12.6. The van der Waals surface area contributed by atoms with E-state index in [-0.39, 0.29) is 48.7 Å². The molecular weight excluding hydrogens is 1070 g/mol. The number of hydrogen-bond donors (Lipinski definition) is 3. The molecule has 2 unspecified atom stereocenters. The number of benzene rings is 1. The lowest BCUT2D eigenvalue weighted by molar-refractivity contribution is -0.266. The van der Waals surface area contributed by atoms with Gasteiger partial charge in [0, 0.05) is 64.4 Å². The van der Waals surface area contributed by atoms with Crippen LogP contribution in [0.15, 0.2) is 78.4 Å². The molecule has 0 aromatic heterocycles. The molecule has 1 aromatic carbocycles. The summed E-state index contributed by atoms with van der Waals surface area (Å²) in [4.78, 5) is 88.3. The van der Waals surface area contributed by atoms with Gasteiger partial charge in [0.2, 0.25) is 5.79 Å². The molecule has 1 aromatic rings. The van der Waals surface area contributed by atoms with Crippen LogP contribution in [0.1, 0.15) is 157 Å². The van der Waals surface area contributed by atoms with E-state index in [2.05, 4.69) is 16.8 Å². The number of piperidine rings is 2. The van der Waals surface area contributed by atoms with Crippen molar-refractivity contribution in [3.05, 3.63) is 84.0 Å². The Hall–Kier alpha value is -4.88. The second kappa shape index (κ2) is 35.1. The number of likely N-dealkylation sites (tertiary alicyclic amines) is 2. The lowest BCUT2D eigenvalue weighted by Crippen LogP contribution is -2.61. The van der Waals surface area contributed by atoms with Crippen LogP contribution in [0.4, 0.5) is 4.79 Å². The molecule has 3 saturated heterocycles. The average molecular weight is 1170 g/mol. The predicted octanol–water partition coefficient (Wildman–Crippen LogP) is 9.65. The molecular formula is C67H103N3O14. The first-order valence-corrected chi connectivity index (χ1v) is 31.3. The zero-order valence-corrected chi connectivity index (χ0v) is 52.3. The molecule has 0 bridgehead atoms. The lowest BCUT2D eigenvalue weighted by atomic mass is 9.78. The van der Waals surface area contributed by atoms with Crippen molar-refractivity contribution in [3.8, 4) is 0 Å². The van der Waals surface area contributed by atoms with E-state index in [4.69, 9.17) is 28.4 Å². The number of allylic oxidation sites excluding steroid dienone is 5. The number of nitrogens with zero attached hydrogens (tertiary/aromatic N) is 2. The van der Waals surface area contributed by atoms with Gasteiger partial charge in [0.15, 0.2) is 5.78 Å². The van der Waals surface area contributed by atoms with Crippen molar-refractivity contribution in [2.75, 3.05) is 53.6 Å². The molecule has 3 N–H and O–H groups in total. The summed E-state index contributed by atoms with van der Waals surface area (Å²) in [6.45, 7) is 22.3. The van der Waals surface area contributed by atoms with Crippen molar-refractivity contribution < 1.29 is 67.4 Å². The van der Waals surface area contributed by atoms with E-state index >= 15 is 0 Å². The highest BCUT2D eigenvalue weighted by molar-refractivity contribution is 6.39. The van der Waals surface area contributed by atoms with Gasteiger partial charge in [0.25, 0.3) is 11.7 Å². The number of nitrogens with one attached hydrogen (secondary N) is 1. The summed E-state index contributed by atoms with van der Waals surface area (Å²) in [6.07, 6.45) is 12.4. The summed E-state index contributed by atoms with van der Waals surface area (Å²) >= 11 is 0. The number of ether oxygens (including phenoxy) is 6. The SMILES string of the molecule is C=C/C=C/C=C(\C)C(C[C@@H]1CC[C@@H](C)[C@](O)(C(=O)C(=O)N2CCCCC2C(=O)O[C@@H](CC(=O)[C@H](C)/C=C(\C)[C@@H](O)[C@@H](OC)C(=O)[C@H](C)CC(C)C)[C@H](C)C[C@@H]2CC[C@@H](OC(=O)NCCN3CCCCC3)[C@H](OC)C2)O1)OCCc1ccccc1. The number of esters is 1. The number of aliphatic hydroxyl groups is 2. The molecule has 17 nitrogen and oxygen atoms in total. The molecule has 470 valence electrons. The number of Topliss-reactive ketones (excluding diaryl/α,β-unsaturated/α-hetero) is 3. The Kier molecular flexibility index (Phi) is 29.2. The predicted molar refractivity (Wildman–Crippen MR) is 324 cm³/mol. The smallest absolute Gasteiger partial charge is 0.407 e. The Morgan fingerprint density at radius 3 is 2.26 bits per heavy atom. The van der Waals surface area contributed by atoms with E-state index in [0.717, 1.165) is 43.6 Å². The summed E-state index contributed by atoms with van der Waals surface area (Å²) < 4.78 is 36.5. The monoisotopic (exact) mass is 1170 g/mol. The maximum absolute atomic E-state index is 14.8. The van der Waals surface area contributed by atoms with Crippen molar-refractivity contribution in [1.82, 2.24) is 15.1 Å². The first kappa shape index (κ1) is 69.9. The van der Waals surface area contributed by atoms with Gasteiger partial charge in [0.05, 0.1) is 24.9 Å². The quantitative estimate of drug-likeness (QED) is 0.0265. The lowest BCUT2D eigenvalue weighted by Gasteiger charge is -2.43. The van der Waals surface area contributed by atoms with Gasteiger partial charge in [-0.1, -0.05) is 115 Å². The van der Waals surface area contributed by atoms with Crippen molar-refractivity contribution >= 4 is 35.3 Å². The maximum atomic E-state index is 14.8. The van der Waals surface area contributed by atoms with Crippen LogP contribution >= 0.6 is 0 Å². The summed E-state index contributed by atoms with van der Waals surface area (Å²) in [5.74, 6) is -7.95. The van der Waals surface area contributed by atoms with Gasteiger partial charge in [-0.25, -0.2) is 9.59 Å². The highest BCUT2D eigenvalue weighted by Gasteiger charge is 2.53. The van der Waals surface area contributed by atoms with E-state index in [1.807, 2.05) is 83.2 Å². The Labute approximate surface area is 501 Å². The Morgan fingerprint density at radius 2 is 1.58 bits per heavy atom. The van der Waals surface area contributed by atoms with Gasteiger partial charge in [-0.05, 0) is 145 Å². The molecule has 5 rings (SSSR count). The minimum Gasteiger partial charge on any atom is -0.460 e. The molecule has 4 aliphatic rings. The first-order chi connectivity index (χ1) is 40.1. The summed E-state index contributed by atoms with van der Waals surface area (Å²) in [6, 6.07) is 8.80. The van der Waals surface area contributed by atoms with Crippen molar-refractivity contribution in [3.63, 3.8) is 0 Å². The standard InChI is InChI=1S/C67H103N3O14/c1-12-13-16-23-45(4)57(81-37-31-51-24-17-14-18-25-51)42-53-29-27-50(9)67(78,84-53)63(74)64(75)70-35-22-19-26-54(70)65(76)82-58(43-55(71)46(5)39-49(8)61(73)62(80-11)60(72)48(7)38-44(2)3)47(6)40-52-28-30-56(59(41-52)79-10)83-66(77)68-32-36-69-33-20-15-21-34-69/h12-14,16-18,23-25,39,44,46-48,50,52-54,56-59,61-62,73,78H,1,15,19-22,26-38,40-43H2,2-11H3,(H,68,77)/b16-13+,45-23+,49-39+/t46-,47-,48-,50-,52+,53+,54?,56-,57?,58+,59-,61-,62+,67-/m1/s1. The fourth-order valence-electron chi connectivity index (χ4n) is 12.6. The second-order valence-corrected chi connectivity index (χ2v) is 24.9. The summed E-state index contributed by atoms with van der Waals surface area (Å²) in [5.41, 5.74) is 2.41. The van der Waals surface area contributed by atoms with Crippen LogP contribution in [-0.4, -0.2) is 163 Å². The van der Waals surface area contributed by atoms with E-state index < -0.39 is 96.1 Å². The van der Waals surface area contributed by atoms with Gasteiger partial charge in [-0.2, -0.15) is 0 Å². The van der Waals surface area contributed by atoms with Crippen molar-refractivity contribution in [2.24, 2.45) is 35.5 Å². The highest BCUT2D eigenvalue weighted by Crippen LogP contribution is 2.38. The number of alkyl carbamates (subject to hydrolysis) is 1. The van der Waals surface area contributed by atoms with E-state index in [0.29, 0.717) is 89.4 Å². The molecule has 4 fully saturated rings. The molecule has 1 saturated carbocycles. The summed E-state index contributed by atoms with van der Waals surface area (Å²) in [7, 11) is 2.98. The van der Waals surface area contributed by atoms with Crippen molar-refractivity contribution in [1.29, 1.82) is 0 Å². The normalized spacial score (nSPS) is 26.3. The second-order valence-electron chi connectivity index (χ2n) is 24.9. The Morgan fingerprint density at radius 1 is 0.869 bits per heavy atom. The third kappa shape index (κ3) is 20.9. The zero-order chi connectivity index (χ0) is 61.5. The third-order valence-electron chi connectivity index (χ3n) is 17.8. The minimum absolute atomic E-state index is 0.0391. The van der Waals surface area contributed by atoms with Gasteiger partial charge in [-0.15, -0.1) is 0 Å². The highest BCUT2D eigenvalue weighted by atomic mass is 16.6. The average Bonchev–Trinajstić information content (AvgIpc) is 1.65. The minimum atomic E-state index is -2.48. The number of aliphatic hydroxyl groups excluding tert-OH is 1. The van der Waals surface area contributed by atoms with Gasteiger partial charge < -0.3 is 53.8 Å². The molecule has 84 heavy (non-hydrogen) atoms. The van der Waals surface area contributed by atoms with Crippen LogP contribution in [0.25, 0.3) is 0 Å². The van der Waals surface area contributed by atoms with Crippen LogP contribution < -0.4 is 5.32 Å². The fraction of sp³-hybridized carbons (Fsp3) is 0.701. The van der Waals surface area contributed by atoms with Gasteiger partial charge in [0.1, 0.15) is 36.2 Å². The topological polar surface area (TPSA) is 217 Å². The maximum Gasteiger partial charge on any atom is 0.407 e. The summed E-state index contributed by atoms with van der Waals surface area (Å²) in [5, 5.41) is 26.6. The number of amides is 2. The molecule has 0 radical (unpaired) electrons. The molecule has 2 amide bonds. The van der Waals surface area contributed by atoms with Gasteiger partial charge in [-0.3, -0.25) is 19.2 Å². The molecule has 3 heterocycles. The number of methoxy groups -OCH3 is 2. The Bertz CT molecular complexity index is 2370. The molecule has 17 heteroatoms. The van der Waals surface area contributed by atoms with Crippen LogP contribution in [0.2, 0.25) is 0 Å². The third-order valence-corrected chi connectivity index (χ3v) is 17.8. The molecule has 3 aliphatic heterocycles. The first-order valence-electron chi connectivity index (χ1n) is 31.3.